The average molecular weight is 389 g/mol. The number of benzene rings is 2. The molecule has 4 heteroatoms. The first-order valence-electron chi connectivity index (χ1n) is 10.2. The van der Waals surface area contributed by atoms with Crippen LogP contribution in [0.25, 0.3) is 27.7 Å². The van der Waals surface area contributed by atoms with Crippen LogP contribution in [0.5, 0.6) is 5.75 Å². The molecule has 0 saturated heterocycles. The molecule has 29 heavy (non-hydrogen) atoms. The Bertz CT molecular complexity index is 1050. The van der Waals surface area contributed by atoms with Crippen LogP contribution in [-0.2, 0) is 4.79 Å². The Balaban J connectivity index is 1.70. The van der Waals surface area contributed by atoms with E-state index >= 15 is 0 Å². The highest BCUT2D eigenvalue weighted by atomic mass is 16.5. The smallest absolute Gasteiger partial charge is 0.244 e. The molecule has 1 amide bonds. The Labute approximate surface area is 171 Å². The first-order chi connectivity index (χ1) is 14.0. The third-order valence-corrected chi connectivity index (χ3v) is 5.73. The Kier molecular flexibility index (Phi) is 5.43. The first-order valence-corrected chi connectivity index (χ1v) is 10.2. The summed E-state index contributed by atoms with van der Waals surface area (Å²) < 4.78 is 11.4. The third kappa shape index (κ3) is 4.07. The van der Waals surface area contributed by atoms with Gasteiger partial charge < -0.3 is 14.5 Å². The highest BCUT2D eigenvalue weighted by molar-refractivity contribution is 6.00. The van der Waals surface area contributed by atoms with E-state index < -0.39 is 0 Å². The number of rotatable bonds is 5. The van der Waals surface area contributed by atoms with Crippen molar-refractivity contribution in [1.82, 2.24) is 5.32 Å². The fourth-order valence-corrected chi connectivity index (χ4v) is 4.08. The van der Waals surface area contributed by atoms with Gasteiger partial charge in [0.2, 0.25) is 5.91 Å². The predicted octanol–water partition coefficient (Wildman–Crippen LogP) is 5.88. The van der Waals surface area contributed by atoms with Crippen LogP contribution in [0, 0.1) is 6.92 Å². The van der Waals surface area contributed by atoms with Crippen LogP contribution in [0.2, 0.25) is 0 Å². The second-order valence-corrected chi connectivity index (χ2v) is 7.88. The molecule has 4 rings (SSSR count). The second-order valence-electron chi connectivity index (χ2n) is 7.88. The summed E-state index contributed by atoms with van der Waals surface area (Å²) in [5.41, 5.74) is 5.89. The number of furan rings is 1. The van der Waals surface area contributed by atoms with Crippen LogP contribution in [0.3, 0.4) is 0 Å². The molecule has 2 aromatic carbocycles. The SMILES string of the molecule is COc1cc2occ(-c3ccc(C)cc3)c2cc1/C(C)=C/C(=O)NC1CCCC1. The number of carbonyl (C=O) groups is 1. The zero-order chi connectivity index (χ0) is 20.4. The van der Waals surface area contributed by atoms with E-state index in [4.69, 9.17) is 9.15 Å². The van der Waals surface area contributed by atoms with Crippen molar-refractivity contribution in [2.75, 3.05) is 7.11 Å². The van der Waals surface area contributed by atoms with Crippen LogP contribution < -0.4 is 10.1 Å². The highest BCUT2D eigenvalue weighted by Gasteiger charge is 2.18. The molecule has 0 unspecified atom stereocenters. The molecule has 0 atom stereocenters. The summed E-state index contributed by atoms with van der Waals surface area (Å²) in [5.74, 6) is 0.659. The molecule has 0 bridgehead atoms. The Morgan fingerprint density at radius 3 is 2.59 bits per heavy atom. The summed E-state index contributed by atoms with van der Waals surface area (Å²) in [6, 6.07) is 12.6. The van der Waals surface area contributed by atoms with Crippen LogP contribution in [0.4, 0.5) is 0 Å². The van der Waals surface area contributed by atoms with Crippen LogP contribution in [-0.4, -0.2) is 19.1 Å². The number of allylic oxidation sites excluding steroid dienone is 1. The molecule has 4 nitrogen and oxygen atoms in total. The van der Waals surface area contributed by atoms with Gasteiger partial charge in [0.1, 0.15) is 11.3 Å². The standard InChI is InChI=1S/C25H27NO3/c1-16-8-10-18(11-9-16)22-15-29-24-14-23(28-3)20(13-21(22)24)17(2)12-25(27)26-19-6-4-5-7-19/h8-15,19H,4-7H2,1-3H3,(H,26,27)/b17-12+. The number of fused-ring (bicyclic) bond motifs is 1. The fraction of sp³-hybridized carbons (Fsp3) is 0.320. The Morgan fingerprint density at radius 2 is 1.90 bits per heavy atom. The van der Waals surface area contributed by atoms with Crippen LogP contribution >= 0.6 is 0 Å². The van der Waals surface area contributed by atoms with E-state index in [-0.39, 0.29) is 5.91 Å². The molecule has 3 aromatic rings. The highest BCUT2D eigenvalue weighted by Crippen LogP contribution is 2.37. The van der Waals surface area contributed by atoms with Gasteiger partial charge in [0.25, 0.3) is 0 Å². The van der Waals surface area contributed by atoms with Crippen molar-refractivity contribution in [2.45, 2.75) is 45.6 Å². The molecular formula is C25H27NO3. The molecule has 1 saturated carbocycles. The van der Waals surface area contributed by atoms with Crippen molar-refractivity contribution in [3.8, 4) is 16.9 Å². The molecule has 1 heterocycles. The molecule has 1 aliphatic carbocycles. The average Bonchev–Trinajstić information content (AvgIpc) is 3.36. The van der Waals surface area contributed by atoms with E-state index in [1.807, 2.05) is 13.0 Å². The lowest BCUT2D eigenvalue weighted by molar-refractivity contribution is -0.117. The zero-order valence-electron chi connectivity index (χ0n) is 17.2. The lowest BCUT2D eigenvalue weighted by Crippen LogP contribution is -2.31. The van der Waals surface area contributed by atoms with Crippen LogP contribution in [0.15, 0.2) is 53.2 Å². The van der Waals surface area contributed by atoms with Crippen molar-refractivity contribution in [1.29, 1.82) is 0 Å². The van der Waals surface area contributed by atoms with Crippen molar-refractivity contribution in [3.05, 3.63) is 59.9 Å². The molecule has 150 valence electrons. The van der Waals surface area contributed by atoms with E-state index in [0.29, 0.717) is 11.8 Å². The van der Waals surface area contributed by atoms with Gasteiger partial charge in [-0.05, 0) is 43.9 Å². The lowest BCUT2D eigenvalue weighted by Gasteiger charge is -2.12. The van der Waals surface area contributed by atoms with Crippen LogP contribution in [0.1, 0.15) is 43.7 Å². The van der Waals surface area contributed by atoms with E-state index in [0.717, 1.165) is 46.1 Å². The number of hydrogen-bond donors (Lipinski definition) is 1. The zero-order valence-corrected chi connectivity index (χ0v) is 17.2. The minimum absolute atomic E-state index is 0.0394. The molecule has 1 fully saturated rings. The number of hydrogen-bond acceptors (Lipinski definition) is 3. The van der Waals surface area contributed by atoms with Gasteiger partial charge in [0, 0.05) is 34.7 Å². The van der Waals surface area contributed by atoms with Gasteiger partial charge in [0.05, 0.1) is 13.4 Å². The summed E-state index contributed by atoms with van der Waals surface area (Å²) in [7, 11) is 1.64. The fourth-order valence-electron chi connectivity index (χ4n) is 4.08. The van der Waals surface area contributed by atoms with Gasteiger partial charge in [-0.2, -0.15) is 0 Å². The van der Waals surface area contributed by atoms with E-state index in [2.05, 4.69) is 42.6 Å². The third-order valence-electron chi connectivity index (χ3n) is 5.73. The minimum atomic E-state index is -0.0394. The quantitative estimate of drug-likeness (QED) is 0.555. The Hall–Kier alpha value is -3.01. The number of carbonyl (C=O) groups excluding carboxylic acids is 1. The van der Waals surface area contributed by atoms with Gasteiger partial charge in [-0.1, -0.05) is 42.7 Å². The molecule has 1 N–H and O–H groups in total. The number of ether oxygens (including phenoxy) is 1. The molecule has 0 aliphatic heterocycles. The van der Waals surface area contributed by atoms with Crippen molar-refractivity contribution in [2.24, 2.45) is 0 Å². The van der Waals surface area contributed by atoms with Crippen molar-refractivity contribution < 1.29 is 13.9 Å². The topological polar surface area (TPSA) is 51.5 Å². The molecular weight excluding hydrogens is 362 g/mol. The summed E-state index contributed by atoms with van der Waals surface area (Å²) >= 11 is 0. The van der Waals surface area contributed by atoms with E-state index in [9.17, 15) is 4.79 Å². The van der Waals surface area contributed by atoms with Gasteiger partial charge in [-0.3, -0.25) is 4.79 Å². The first kappa shape index (κ1) is 19.3. The van der Waals surface area contributed by atoms with Gasteiger partial charge in [0.15, 0.2) is 0 Å². The predicted molar refractivity (Wildman–Crippen MR) is 117 cm³/mol. The number of nitrogens with one attached hydrogen (secondary N) is 1. The monoisotopic (exact) mass is 389 g/mol. The lowest BCUT2D eigenvalue weighted by atomic mass is 9.98. The van der Waals surface area contributed by atoms with Crippen molar-refractivity contribution in [3.63, 3.8) is 0 Å². The van der Waals surface area contributed by atoms with E-state index in [1.165, 1.54) is 18.4 Å². The number of aryl methyl sites for hydroxylation is 1. The minimum Gasteiger partial charge on any atom is -0.496 e. The van der Waals surface area contributed by atoms with Gasteiger partial charge >= 0.3 is 0 Å². The normalized spacial score (nSPS) is 15.1. The van der Waals surface area contributed by atoms with E-state index in [1.54, 1.807) is 19.4 Å². The summed E-state index contributed by atoms with van der Waals surface area (Å²) in [6.45, 7) is 4.02. The summed E-state index contributed by atoms with van der Waals surface area (Å²) in [4.78, 5) is 12.5. The molecule has 0 radical (unpaired) electrons. The molecule has 1 aromatic heterocycles. The largest absolute Gasteiger partial charge is 0.496 e. The summed E-state index contributed by atoms with van der Waals surface area (Å²) in [6.07, 6.45) is 7.99. The number of amides is 1. The molecule has 0 spiro atoms. The van der Waals surface area contributed by atoms with Gasteiger partial charge in [-0.15, -0.1) is 0 Å². The maximum Gasteiger partial charge on any atom is 0.244 e. The maximum atomic E-state index is 12.5. The Morgan fingerprint density at radius 1 is 1.17 bits per heavy atom. The maximum absolute atomic E-state index is 12.5. The molecule has 1 aliphatic rings. The van der Waals surface area contributed by atoms with Gasteiger partial charge in [-0.25, -0.2) is 0 Å². The number of methoxy groups -OCH3 is 1. The summed E-state index contributed by atoms with van der Waals surface area (Å²) in [5, 5.41) is 4.12. The second kappa shape index (κ2) is 8.16. The van der Waals surface area contributed by atoms with Crippen molar-refractivity contribution >= 4 is 22.4 Å².